The lowest BCUT2D eigenvalue weighted by Crippen LogP contribution is -2.34. The lowest BCUT2D eigenvalue weighted by atomic mass is 10.3. The minimum absolute atomic E-state index is 0. The first-order valence-corrected chi connectivity index (χ1v) is 4.62. The molecular formula is C8H13NO2S2. The second kappa shape index (κ2) is 6.01. The summed E-state index contributed by atoms with van der Waals surface area (Å²) in [4.78, 5) is 11.3. The number of nitrogens with one attached hydrogen (secondary N) is 1. The predicted octanol–water partition coefficient (Wildman–Crippen LogP) is 0.972. The molecule has 1 amide bonds. The maximum Gasteiger partial charge on any atom is 0.252 e. The molecule has 0 aliphatic rings. The minimum Gasteiger partial charge on any atom is -0.394 e. The van der Waals surface area contributed by atoms with E-state index in [0.717, 1.165) is 0 Å². The Hall–Kier alpha value is -0.520. The van der Waals surface area contributed by atoms with Crippen LogP contribution in [0.2, 0.25) is 0 Å². The minimum atomic E-state index is -0.183. The number of carbonyl (C=O) groups excluding carboxylic acids is 1. The van der Waals surface area contributed by atoms with Crippen molar-refractivity contribution in [3.8, 4) is 0 Å². The van der Waals surface area contributed by atoms with E-state index in [1.54, 1.807) is 18.4 Å². The molecule has 1 heterocycles. The summed E-state index contributed by atoms with van der Waals surface area (Å²) in [5, 5.41) is 14.9. The first-order chi connectivity index (χ1) is 5.74. The van der Waals surface area contributed by atoms with Crippen LogP contribution in [0.25, 0.3) is 0 Å². The van der Waals surface area contributed by atoms with Crippen LogP contribution in [0.15, 0.2) is 16.8 Å². The number of hydrogen-bond donors (Lipinski definition) is 2. The van der Waals surface area contributed by atoms with Crippen molar-refractivity contribution in [2.45, 2.75) is 13.0 Å². The summed E-state index contributed by atoms with van der Waals surface area (Å²) in [6.45, 7) is 1.72. The molecule has 0 aliphatic heterocycles. The van der Waals surface area contributed by atoms with Crippen molar-refractivity contribution in [3.05, 3.63) is 22.4 Å². The Balaban J connectivity index is 0.00000144. The fourth-order valence-corrected chi connectivity index (χ4v) is 1.38. The summed E-state index contributed by atoms with van der Waals surface area (Å²) >= 11 is 1.48. The Morgan fingerprint density at radius 1 is 1.77 bits per heavy atom. The highest BCUT2D eigenvalue weighted by atomic mass is 32.1. The second-order valence-corrected chi connectivity index (χ2v) is 3.35. The van der Waals surface area contributed by atoms with E-state index in [2.05, 4.69) is 5.32 Å². The third kappa shape index (κ3) is 3.80. The van der Waals surface area contributed by atoms with Crippen LogP contribution >= 0.6 is 24.8 Å². The molecule has 3 nitrogen and oxygen atoms in total. The normalized spacial score (nSPS) is 11.5. The van der Waals surface area contributed by atoms with Crippen molar-refractivity contribution < 1.29 is 9.90 Å². The van der Waals surface area contributed by atoms with Gasteiger partial charge in [0.25, 0.3) is 5.91 Å². The fraction of sp³-hybridized carbons (Fsp3) is 0.375. The summed E-state index contributed by atoms with van der Waals surface area (Å²) in [5.41, 5.74) is 0.653. The largest absolute Gasteiger partial charge is 0.394 e. The molecule has 0 saturated heterocycles. The van der Waals surface area contributed by atoms with Gasteiger partial charge in [0.2, 0.25) is 0 Å². The zero-order valence-corrected chi connectivity index (χ0v) is 9.10. The van der Waals surface area contributed by atoms with Crippen molar-refractivity contribution in [1.82, 2.24) is 5.32 Å². The molecule has 0 spiro atoms. The molecule has 0 radical (unpaired) electrons. The Morgan fingerprint density at radius 2 is 2.46 bits per heavy atom. The van der Waals surface area contributed by atoms with Gasteiger partial charge in [-0.25, -0.2) is 0 Å². The zero-order chi connectivity index (χ0) is 8.97. The first kappa shape index (κ1) is 12.5. The molecule has 1 aromatic heterocycles. The zero-order valence-electron chi connectivity index (χ0n) is 7.28. The molecule has 1 atom stereocenters. The van der Waals surface area contributed by atoms with Crippen LogP contribution in [0.5, 0.6) is 0 Å². The molecule has 0 bridgehead atoms. The first-order valence-electron chi connectivity index (χ1n) is 3.68. The Labute approximate surface area is 88.2 Å². The number of aliphatic hydroxyl groups is 1. The third-order valence-electron chi connectivity index (χ3n) is 1.43. The molecule has 2 N–H and O–H groups in total. The molecule has 0 aromatic carbocycles. The van der Waals surface area contributed by atoms with Gasteiger partial charge >= 0.3 is 0 Å². The fourth-order valence-electron chi connectivity index (χ4n) is 0.746. The van der Waals surface area contributed by atoms with Crippen molar-refractivity contribution in [2.24, 2.45) is 0 Å². The van der Waals surface area contributed by atoms with Crippen molar-refractivity contribution in [1.29, 1.82) is 0 Å². The van der Waals surface area contributed by atoms with Crippen LogP contribution in [0, 0.1) is 0 Å². The number of rotatable bonds is 3. The Bertz CT molecular complexity index is 249. The van der Waals surface area contributed by atoms with Gasteiger partial charge in [-0.2, -0.15) is 24.8 Å². The second-order valence-electron chi connectivity index (χ2n) is 2.57. The van der Waals surface area contributed by atoms with Crippen molar-refractivity contribution >= 4 is 30.7 Å². The van der Waals surface area contributed by atoms with Crippen LogP contribution < -0.4 is 5.32 Å². The summed E-state index contributed by atoms with van der Waals surface area (Å²) in [6, 6.07) is 1.57. The van der Waals surface area contributed by atoms with E-state index in [9.17, 15) is 4.79 Å². The van der Waals surface area contributed by atoms with Gasteiger partial charge in [-0.15, -0.1) is 0 Å². The van der Waals surface area contributed by atoms with Crippen LogP contribution in [0.1, 0.15) is 17.3 Å². The molecule has 0 aliphatic carbocycles. The molecule has 5 heteroatoms. The summed E-state index contributed by atoms with van der Waals surface area (Å²) < 4.78 is 0. The highest BCUT2D eigenvalue weighted by Gasteiger charge is 2.07. The molecule has 1 rings (SSSR count). The maximum absolute atomic E-state index is 11.3. The van der Waals surface area contributed by atoms with Gasteiger partial charge in [0, 0.05) is 17.0 Å². The van der Waals surface area contributed by atoms with Gasteiger partial charge < -0.3 is 10.4 Å². The molecule has 0 saturated carbocycles. The average molecular weight is 219 g/mol. The van der Waals surface area contributed by atoms with E-state index in [4.69, 9.17) is 5.11 Å². The summed E-state index contributed by atoms with van der Waals surface area (Å²) in [7, 11) is 0. The number of thiophene rings is 1. The van der Waals surface area contributed by atoms with Gasteiger partial charge in [0.15, 0.2) is 0 Å². The van der Waals surface area contributed by atoms with Crippen LogP contribution in [0.3, 0.4) is 0 Å². The standard InChI is InChI=1S/C8H11NO2S.H2S/c1-6(4-10)9-8(11)7-2-3-12-5-7;/h2-3,5-6,10H,4H2,1H3,(H,9,11);1H2/t6-;/m0./s1. The number of hydrogen-bond acceptors (Lipinski definition) is 3. The van der Waals surface area contributed by atoms with Gasteiger partial charge in [0.1, 0.15) is 0 Å². The van der Waals surface area contributed by atoms with Crippen LogP contribution in [0.4, 0.5) is 0 Å². The number of carbonyl (C=O) groups is 1. The Morgan fingerprint density at radius 3 is 2.92 bits per heavy atom. The molecule has 0 fully saturated rings. The Kier molecular flexibility index (Phi) is 5.77. The van der Waals surface area contributed by atoms with E-state index in [-0.39, 0.29) is 32.1 Å². The summed E-state index contributed by atoms with van der Waals surface area (Å²) in [6.07, 6.45) is 0. The van der Waals surface area contributed by atoms with E-state index in [1.165, 1.54) is 11.3 Å². The van der Waals surface area contributed by atoms with E-state index in [1.807, 2.05) is 5.38 Å². The molecule has 13 heavy (non-hydrogen) atoms. The predicted molar refractivity (Wildman–Crippen MR) is 58.7 cm³/mol. The van der Waals surface area contributed by atoms with Crippen molar-refractivity contribution in [2.75, 3.05) is 6.61 Å². The quantitative estimate of drug-likeness (QED) is 0.796. The lowest BCUT2D eigenvalue weighted by molar-refractivity contribution is 0.0923. The average Bonchev–Trinajstić information content (AvgIpc) is 2.56. The highest BCUT2D eigenvalue weighted by Crippen LogP contribution is 2.05. The smallest absolute Gasteiger partial charge is 0.252 e. The van der Waals surface area contributed by atoms with E-state index >= 15 is 0 Å². The maximum atomic E-state index is 11.3. The molecule has 0 unspecified atom stereocenters. The third-order valence-corrected chi connectivity index (χ3v) is 2.12. The van der Waals surface area contributed by atoms with E-state index in [0.29, 0.717) is 5.56 Å². The SMILES string of the molecule is C[C@@H](CO)NC(=O)c1ccsc1.S. The van der Waals surface area contributed by atoms with Gasteiger partial charge in [-0.3, -0.25) is 4.79 Å². The topological polar surface area (TPSA) is 49.3 Å². The van der Waals surface area contributed by atoms with Crippen LogP contribution in [-0.2, 0) is 0 Å². The van der Waals surface area contributed by atoms with Crippen LogP contribution in [-0.4, -0.2) is 23.7 Å². The van der Waals surface area contributed by atoms with Crippen molar-refractivity contribution in [3.63, 3.8) is 0 Å². The van der Waals surface area contributed by atoms with Gasteiger partial charge in [-0.05, 0) is 18.4 Å². The molecule has 74 valence electrons. The molecular weight excluding hydrogens is 206 g/mol. The van der Waals surface area contributed by atoms with Gasteiger partial charge in [0.05, 0.1) is 6.61 Å². The molecule has 1 aromatic rings. The van der Waals surface area contributed by atoms with E-state index < -0.39 is 0 Å². The monoisotopic (exact) mass is 219 g/mol. The summed E-state index contributed by atoms with van der Waals surface area (Å²) in [5.74, 6) is -0.127. The lowest BCUT2D eigenvalue weighted by Gasteiger charge is -2.08. The highest BCUT2D eigenvalue weighted by molar-refractivity contribution is 7.59. The number of amides is 1. The number of aliphatic hydroxyl groups excluding tert-OH is 1. The van der Waals surface area contributed by atoms with Gasteiger partial charge in [-0.1, -0.05) is 0 Å².